The van der Waals surface area contributed by atoms with Crippen LogP contribution in [0.15, 0.2) is 30.9 Å². The highest BCUT2D eigenvalue weighted by molar-refractivity contribution is 5.94. The quantitative estimate of drug-likeness (QED) is 0.809. The van der Waals surface area contributed by atoms with Crippen LogP contribution >= 0.6 is 0 Å². The number of amides is 1. The van der Waals surface area contributed by atoms with Crippen LogP contribution < -0.4 is 4.74 Å². The lowest BCUT2D eigenvalue weighted by molar-refractivity contribution is 0.0500. The van der Waals surface area contributed by atoms with Gasteiger partial charge in [0.2, 0.25) is 0 Å². The molecule has 23 heavy (non-hydrogen) atoms. The predicted molar refractivity (Wildman–Crippen MR) is 90.9 cm³/mol. The van der Waals surface area contributed by atoms with E-state index < -0.39 is 0 Å². The number of methoxy groups -OCH3 is 1. The molecule has 1 aromatic carbocycles. The summed E-state index contributed by atoms with van der Waals surface area (Å²) < 4.78 is 5.33. The van der Waals surface area contributed by atoms with Crippen LogP contribution in [0.5, 0.6) is 5.75 Å². The van der Waals surface area contributed by atoms with Crippen molar-refractivity contribution in [1.29, 1.82) is 0 Å². The molecule has 1 aliphatic heterocycles. The highest BCUT2D eigenvalue weighted by atomic mass is 16.5. The van der Waals surface area contributed by atoms with Gasteiger partial charge >= 0.3 is 0 Å². The molecule has 0 bridgehead atoms. The summed E-state index contributed by atoms with van der Waals surface area (Å²) in [6, 6.07) is 5.76. The third kappa shape index (κ3) is 4.12. The smallest absolute Gasteiger partial charge is 0.253 e. The Balaban J connectivity index is 2.16. The molecule has 1 fully saturated rings. The molecule has 5 heteroatoms. The first-order valence-electron chi connectivity index (χ1n) is 7.99. The Hall–Kier alpha value is -1.85. The highest BCUT2D eigenvalue weighted by Crippen LogP contribution is 2.22. The number of piperazine rings is 1. The van der Waals surface area contributed by atoms with Crippen molar-refractivity contribution in [2.45, 2.75) is 18.9 Å². The van der Waals surface area contributed by atoms with Gasteiger partial charge in [0, 0.05) is 37.8 Å². The summed E-state index contributed by atoms with van der Waals surface area (Å²) in [6.45, 7) is 6.08. The van der Waals surface area contributed by atoms with E-state index in [9.17, 15) is 9.90 Å². The monoisotopic (exact) mass is 318 g/mol. The Kier molecular flexibility index (Phi) is 6.19. The number of aliphatic hydroxyl groups excluding tert-OH is 1. The molecule has 1 heterocycles. The van der Waals surface area contributed by atoms with Gasteiger partial charge < -0.3 is 14.7 Å². The van der Waals surface area contributed by atoms with Gasteiger partial charge in [0.1, 0.15) is 5.75 Å². The fraction of sp³-hybridized carbons (Fsp3) is 0.500. The summed E-state index contributed by atoms with van der Waals surface area (Å²) in [4.78, 5) is 16.9. The van der Waals surface area contributed by atoms with E-state index in [-0.39, 0.29) is 18.6 Å². The minimum Gasteiger partial charge on any atom is -0.496 e. The van der Waals surface area contributed by atoms with E-state index >= 15 is 0 Å². The van der Waals surface area contributed by atoms with Gasteiger partial charge in [-0.2, -0.15) is 0 Å². The molecule has 0 saturated carbocycles. The van der Waals surface area contributed by atoms with E-state index in [2.05, 4.69) is 11.5 Å². The Morgan fingerprint density at radius 2 is 2.26 bits per heavy atom. The Morgan fingerprint density at radius 3 is 2.91 bits per heavy atom. The summed E-state index contributed by atoms with van der Waals surface area (Å²) >= 11 is 0. The molecule has 1 saturated heterocycles. The Morgan fingerprint density at radius 1 is 1.48 bits per heavy atom. The minimum atomic E-state index is 0.0361. The molecular formula is C18H26N2O3. The second kappa shape index (κ2) is 8.13. The van der Waals surface area contributed by atoms with Gasteiger partial charge in [0.05, 0.1) is 7.11 Å². The third-order valence-corrected chi connectivity index (χ3v) is 4.42. The number of nitrogens with zero attached hydrogens (tertiary/aromatic N) is 2. The Labute approximate surface area is 138 Å². The molecule has 1 aliphatic rings. The topological polar surface area (TPSA) is 53.0 Å². The van der Waals surface area contributed by atoms with Crippen LogP contribution in [0.25, 0.3) is 0 Å². The molecule has 5 nitrogen and oxygen atoms in total. The average molecular weight is 318 g/mol. The largest absolute Gasteiger partial charge is 0.496 e. The zero-order chi connectivity index (χ0) is 16.8. The molecule has 0 spiro atoms. The molecule has 0 radical (unpaired) electrons. The van der Waals surface area contributed by atoms with E-state index in [1.807, 2.05) is 30.1 Å². The van der Waals surface area contributed by atoms with Gasteiger partial charge in [-0.05, 0) is 43.7 Å². The number of carbonyl (C=O) groups is 1. The van der Waals surface area contributed by atoms with E-state index in [0.29, 0.717) is 31.5 Å². The lowest BCUT2D eigenvalue weighted by Gasteiger charge is -2.39. The standard InChI is InChI=1S/C18H26N2O3/c1-4-5-14-12-15(6-7-17(14)23-3)18(22)20-10-9-19(2)16(13-20)8-11-21/h4,6-7,12,16,21H,1,5,8-11,13H2,2-3H3. The second-order valence-corrected chi connectivity index (χ2v) is 5.92. The minimum absolute atomic E-state index is 0.0361. The summed E-state index contributed by atoms with van der Waals surface area (Å²) in [5.41, 5.74) is 1.64. The van der Waals surface area contributed by atoms with Crippen LogP contribution in [0.1, 0.15) is 22.3 Å². The van der Waals surface area contributed by atoms with Crippen LogP contribution in [0, 0.1) is 0 Å². The molecule has 1 amide bonds. The molecule has 1 atom stereocenters. The second-order valence-electron chi connectivity index (χ2n) is 5.92. The van der Waals surface area contributed by atoms with Crippen molar-refractivity contribution in [3.05, 3.63) is 42.0 Å². The van der Waals surface area contributed by atoms with Crippen molar-refractivity contribution < 1.29 is 14.6 Å². The van der Waals surface area contributed by atoms with Crippen LogP contribution in [-0.4, -0.2) is 67.3 Å². The van der Waals surface area contributed by atoms with Gasteiger partial charge in [0.15, 0.2) is 0 Å². The number of benzene rings is 1. The number of aliphatic hydroxyl groups is 1. The van der Waals surface area contributed by atoms with E-state index in [4.69, 9.17) is 4.74 Å². The van der Waals surface area contributed by atoms with Crippen LogP contribution in [-0.2, 0) is 6.42 Å². The first-order chi connectivity index (χ1) is 11.1. The van der Waals surface area contributed by atoms with E-state index in [1.165, 1.54) is 0 Å². The third-order valence-electron chi connectivity index (χ3n) is 4.42. The average Bonchev–Trinajstić information content (AvgIpc) is 2.56. The fourth-order valence-electron chi connectivity index (χ4n) is 3.00. The fourth-order valence-corrected chi connectivity index (χ4v) is 3.00. The van der Waals surface area contributed by atoms with Gasteiger partial charge in [0.25, 0.3) is 5.91 Å². The van der Waals surface area contributed by atoms with Crippen LogP contribution in [0.2, 0.25) is 0 Å². The van der Waals surface area contributed by atoms with Gasteiger partial charge in [-0.3, -0.25) is 9.69 Å². The van der Waals surface area contributed by atoms with E-state index in [1.54, 1.807) is 13.2 Å². The Bertz CT molecular complexity index is 559. The van der Waals surface area contributed by atoms with Gasteiger partial charge in [-0.1, -0.05) is 6.08 Å². The van der Waals surface area contributed by atoms with Crippen LogP contribution in [0.4, 0.5) is 0 Å². The van der Waals surface area contributed by atoms with Crippen molar-refractivity contribution in [3.63, 3.8) is 0 Å². The van der Waals surface area contributed by atoms with Crippen molar-refractivity contribution >= 4 is 5.91 Å². The number of hydrogen-bond donors (Lipinski definition) is 1. The highest BCUT2D eigenvalue weighted by Gasteiger charge is 2.27. The number of allylic oxidation sites excluding steroid dienone is 1. The lowest BCUT2D eigenvalue weighted by Crippen LogP contribution is -2.53. The normalized spacial score (nSPS) is 18.7. The number of carbonyl (C=O) groups excluding carboxylic acids is 1. The molecular weight excluding hydrogens is 292 g/mol. The molecule has 0 aliphatic carbocycles. The van der Waals surface area contributed by atoms with E-state index in [0.717, 1.165) is 17.9 Å². The zero-order valence-corrected chi connectivity index (χ0v) is 14.0. The SMILES string of the molecule is C=CCc1cc(C(=O)N2CCN(C)C(CCO)C2)ccc1OC. The number of hydrogen-bond acceptors (Lipinski definition) is 4. The lowest BCUT2D eigenvalue weighted by atomic mass is 10.0. The maximum absolute atomic E-state index is 12.8. The molecule has 0 aromatic heterocycles. The predicted octanol–water partition coefficient (Wildman–Crippen LogP) is 1.56. The molecule has 2 rings (SSSR count). The van der Waals surface area contributed by atoms with Crippen molar-refractivity contribution in [3.8, 4) is 5.75 Å². The van der Waals surface area contributed by atoms with Gasteiger partial charge in [-0.15, -0.1) is 6.58 Å². The first-order valence-corrected chi connectivity index (χ1v) is 7.99. The molecule has 1 aromatic rings. The first kappa shape index (κ1) is 17.5. The summed E-state index contributed by atoms with van der Waals surface area (Å²) in [5, 5.41) is 9.18. The maximum atomic E-state index is 12.8. The summed E-state index contributed by atoms with van der Waals surface area (Å²) in [5.74, 6) is 0.812. The summed E-state index contributed by atoms with van der Waals surface area (Å²) in [6.07, 6.45) is 3.16. The van der Waals surface area contributed by atoms with Crippen LogP contribution in [0.3, 0.4) is 0 Å². The molecule has 1 N–H and O–H groups in total. The van der Waals surface area contributed by atoms with Crippen molar-refractivity contribution in [2.24, 2.45) is 0 Å². The number of rotatable bonds is 6. The van der Waals surface area contributed by atoms with Crippen molar-refractivity contribution in [1.82, 2.24) is 9.80 Å². The molecule has 1 unspecified atom stereocenters. The number of likely N-dealkylation sites (N-methyl/N-ethyl adjacent to an activating group) is 1. The summed E-state index contributed by atoms with van der Waals surface area (Å²) in [7, 11) is 3.67. The zero-order valence-electron chi connectivity index (χ0n) is 14.0. The maximum Gasteiger partial charge on any atom is 0.253 e. The molecule has 126 valence electrons. The number of ether oxygens (including phenoxy) is 1. The van der Waals surface area contributed by atoms with Crippen molar-refractivity contribution in [2.75, 3.05) is 40.4 Å². The van der Waals surface area contributed by atoms with Gasteiger partial charge in [-0.25, -0.2) is 0 Å².